The fourth-order valence-electron chi connectivity index (χ4n) is 3.67. The van der Waals surface area contributed by atoms with Crippen LogP contribution >= 0.6 is 53.0 Å². The molecule has 0 fully saturated rings. The van der Waals surface area contributed by atoms with Crippen molar-refractivity contribution in [2.24, 2.45) is 0 Å². The number of rotatable bonds is 1. The molecule has 3 aromatic carbocycles. The van der Waals surface area contributed by atoms with E-state index in [1.54, 1.807) is 4.57 Å². The third kappa shape index (κ3) is 6.27. The molecule has 0 amide bonds. The number of carbonyl (C=O) groups is 1. The van der Waals surface area contributed by atoms with Gasteiger partial charge in [0.15, 0.2) is 5.69 Å². The molecule has 2 heterocycles. The van der Waals surface area contributed by atoms with Crippen molar-refractivity contribution < 1.29 is 9.36 Å². The molecule has 0 aliphatic carbocycles. The summed E-state index contributed by atoms with van der Waals surface area (Å²) in [5.74, 6) is 0.713. The van der Waals surface area contributed by atoms with Gasteiger partial charge in [0, 0.05) is 5.56 Å². The summed E-state index contributed by atoms with van der Waals surface area (Å²) in [5.41, 5.74) is 6.85. The number of carbonyl (C=O) groups excluding carboxylic acids is 1. The first kappa shape index (κ1) is 25.3. The van der Waals surface area contributed by atoms with E-state index in [1.165, 1.54) is 5.56 Å². The van der Waals surface area contributed by atoms with Crippen molar-refractivity contribution in [3.63, 3.8) is 0 Å². The Morgan fingerprint density at radius 2 is 1.30 bits per heavy atom. The molecule has 10 heteroatoms. The van der Waals surface area contributed by atoms with E-state index in [1.807, 2.05) is 36.4 Å². The van der Waals surface area contributed by atoms with Crippen molar-refractivity contribution in [1.82, 2.24) is 4.98 Å². The van der Waals surface area contributed by atoms with Crippen molar-refractivity contribution in [3.8, 4) is 22.6 Å². The van der Waals surface area contributed by atoms with Gasteiger partial charge in [-0.05, 0) is 43.1 Å². The number of nitrogens with zero attached hydrogens (tertiary/aromatic N) is 2. The molecule has 1 aromatic heterocycles. The first-order valence-corrected chi connectivity index (χ1v) is 29.1. The Labute approximate surface area is 211 Å². The predicted octanol–water partition coefficient (Wildman–Crippen LogP) is 8.23. The van der Waals surface area contributed by atoms with E-state index in [0.29, 0.717) is 5.56 Å². The van der Waals surface area contributed by atoms with Crippen molar-refractivity contribution >= 4 is 78.9 Å². The van der Waals surface area contributed by atoms with Crippen LogP contribution in [-0.4, -0.2) is 20.0 Å². The summed E-state index contributed by atoms with van der Waals surface area (Å²) in [6.45, 7) is 4.14. The van der Waals surface area contributed by atoms with E-state index < -0.39 is 9.14 Å². The normalized spacial score (nSPS) is 14.6. The maximum atomic E-state index is 13.0. The number of halogens is 6. The number of aryl methyl sites for hydroxylation is 2. The van der Waals surface area contributed by atoms with Gasteiger partial charge in [0.1, 0.15) is 5.52 Å². The average molecular weight is 672 g/mol. The Kier molecular flexibility index (Phi) is 6.24. The molecular weight excluding hydrogens is 655 g/mol. The van der Waals surface area contributed by atoms with E-state index in [2.05, 4.69) is 44.2 Å². The van der Waals surface area contributed by atoms with Crippen LogP contribution in [0.1, 0.15) is 21.5 Å². The zero-order chi connectivity index (χ0) is 24.2. The maximum absolute atomic E-state index is 13.0. The van der Waals surface area contributed by atoms with Crippen molar-refractivity contribution in [2.45, 2.75) is 13.8 Å². The zero-order valence-corrected chi connectivity index (χ0v) is 24.5. The van der Waals surface area contributed by atoms with Gasteiger partial charge < -0.3 is 0 Å². The third-order valence-corrected chi connectivity index (χ3v) is 5.00. The second kappa shape index (κ2) is 8.13. The van der Waals surface area contributed by atoms with Gasteiger partial charge in [-0.25, -0.2) is 4.79 Å². The van der Waals surface area contributed by atoms with Crippen LogP contribution in [-0.2, 0) is 0 Å². The van der Waals surface area contributed by atoms with Gasteiger partial charge in [0.05, 0.1) is 16.5 Å². The van der Waals surface area contributed by atoms with Crippen LogP contribution < -0.4 is 4.57 Å². The minimum atomic E-state index is -5.42. The Bertz CT molecular complexity index is 1420. The van der Waals surface area contributed by atoms with Gasteiger partial charge in [-0.2, -0.15) is 4.57 Å². The van der Waals surface area contributed by atoms with E-state index in [9.17, 15) is 4.79 Å². The molecule has 0 unspecified atom stereocenters. The van der Waals surface area contributed by atoms with E-state index >= 15 is 0 Å². The molecule has 0 radical (unpaired) electrons. The molecule has 0 saturated heterocycles. The van der Waals surface area contributed by atoms with Gasteiger partial charge in [-0.15, -0.1) is 0 Å². The third-order valence-electron chi connectivity index (χ3n) is 5.00. The molecule has 5 rings (SSSR count). The Hall–Kier alpha value is -0.772. The molecule has 1 aliphatic rings. The fourth-order valence-corrected chi connectivity index (χ4v) is 3.67. The van der Waals surface area contributed by atoms with Gasteiger partial charge in [-0.3, -0.25) is 0 Å². The number of benzene rings is 3. The van der Waals surface area contributed by atoms with Gasteiger partial charge in [0.25, 0.3) is 0 Å². The van der Waals surface area contributed by atoms with Crippen molar-refractivity contribution in [1.29, 1.82) is 0 Å². The Morgan fingerprint density at radius 3 is 1.91 bits per heavy atom. The van der Waals surface area contributed by atoms with Crippen LogP contribution in [0.4, 0.5) is 0 Å². The van der Waals surface area contributed by atoms with E-state index in [0.717, 1.165) is 39.1 Å². The van der Waals surface area contributed by atoms with Crippen molar-refractivity contribution in [2.75, 3.05) is 0 Å². The van der Waals surface area contributed by atoms with Crippen LogP contribution in [0.3, 0.4) is 0 Å². The van der Waals surface area contributed by atoms with E-state index in [-0.39, 0.29) is 5.91 Å². The summed E-state index contributed by atoms with van der Waals surface area (Å²) in [6, 6.07) is 22.3. The summed E-state index contributed by atoms with van der Waals surface area (Å²) in [5, 5.41) is 0.999. The van der Waals surface area contributed by atoms with Crippen LogP contribution in [0.5, 0.6) is 0 Å². The Balaban J connectivity index is 0.000000325. The summed E-state index contributed by atoms with van der Waals surface area (Å²) in [6.07, 6.45) is 0. The van der Waals surface area contributed by atoms with Gasteiger partial charge >= 0.3 is 73.8 Å². The number of aromatic nitrogens is 2. The van der Waals surface area contributed by atoms with E-state index in [4.69, 9.17) is 58.0 Å². The quantitative estimate of drug-likeness (QED) is 0.133. The number of hydrogen-bond donors (Lipinski definition) is 0. The molecule has 4 aromatic rings. The number of fused-ring (bicyclic) bond motifs is 5. The van der Waals surface area contributed by atoms with Gasteiger partial charge in [0.2, 0.25) is 0 Å². The molecule has 3 nitrogen and oxygen atoms in total. The van der Waals surface area contributed by atoms with Crippen molar-refractivity contribution in [3.05, 3.63) is 83.4 Å². The molecule has 0 spiro atoms. The summed E-state index contributed by atoms with van der Waals surface area (Å²) < 4.78 is 1.75. The predicted molar refractivity (Wildman–Crippen MR) is 143 cm³/mol. The van der Waals surface area contributed by atoms with Gasteiger partial charge in [-0.1, -0.05) is 53.6 Å². The fraction of sp³-hybridized carbons (Fsp3) is 0.0870. The molecular formula is C23H17Cl6N2OSb. The van der Waals surface area contributed by atoms with Crippen LogP contribution in [0.25, 0.3) is 33.5 Å². The SMILES string of the molecule is Cc1ccc(-c2nc3[n+](c4ccc(C)cc24)C(=O)c2ccccc2-3)cc1.[Cl][Sb-]([Cl])([Cl])([Cl])([Cl])[Cl]. The van der Waals surface area contributed by atoms with Crippen LogP contribution in [0.2, 0.25) is 0 Å². The number of hydrogen-bond acceptors (Lipinski definition) is 2. The average Bonchev–Trinajstić information content (AvgIpc) is 2.98. The molecule has 0 atom stereocenters. The monoisotopic (exact) mass is 668 g/mol. The van der Waals surface area contributed by atoms with Crippen LogP contribution in [0, 0.1) is 13.8 Å². The topological polar surface area (TPSA) is 33.8 Å². The molecule has 1 aliphatic heterocycles. The standard InChI is InChI=1S/C23H17N2O.6ClH.Sb/c1-14-7-10-16(11-8-14)21-19-13-15(2)9-12-20(19)25-22(24-21)17-5-3-4-6-18(17)23(25)26;;;;;;;/h3-13H,1-2H3;6*1H;/q+1;;;;;;;+5/p-6. The Morgan fingerprint density at radius 1 is 0.758 bits per heavy atom. The summed E-state index contributed by atoms with van der Waals surface area (Å²) in [7, 11) is 25.0. The molecule has 0 N–H and O–H groups in total. The van der Waals surface area contributed by atoms with Crippen LogP contribution in [0.15, 0.2) is 66.7 Å². The molecule has 0 bridgehead atoms. The molecule has 0 saturated carbocycles. The minimum absolute atomic E-state index is 0.00703. The first-order chi connectivity index (χ1) is 15.1. The zero-order valence-electron chi connectivity index (χ0n) is 17.4. The summed E-state index contributed by atoms with van der Waals surface area (Å²) >= 11 is 0. The second-order valence-corrected chi connectivity index (χ2v) is 64.7. The molecule has 33 heavy (non-hydrogen) atoms. The first-order valence-electron chi connectivity index (χ1n) is 9.72. The summed E-state index contributed by atoms with van der Waals surface area (Å²) in [4.78, 5) is 18.0. The second-order valence-electron chi connectivity index (χ2n) is 7.82. The molecule has 172 valence electrons.